The second kappa shape index (κ2) is 5.53. The van der Waals surface area contributed by atoms with Crippen LogP contribution in [0.4, 0.5) is 5.69 Å². The number of nitrogen functional groups attached to an aromatic ring is 1. The lowest BCUT2D eigenvalue weighted by Crippen LogP contribution is -2.02. The van der Waals surface area contributed by atoms with Crippen molar-refractivity contribution in [2.24, 2.45) is 5.92 Å². The Kier molecular flexibility index (Phi) is 3.81. The Labute approximate surface area is 101 Å². The van der Waals surface area contributed by atoms with Crippen LogP contribution in [0.5, 0.6) is 0 Å². The van der Waals surface area contributed by atoms with Crippen LogP contribution in [0.2, 0.25) is 0 Å². The van der Waals surface area contributed by atoms with E-state index in [0.29, 0.717) is 12.3 Å². The molecule has 1 aliphatic rings. The molecule has 2 N–H and O–H groups in total. The Morgan fingerprint density at radius 2 is 2.29 bits per heavy atom. The third kappa shape index (κ3) is 4.31. The molecule has 0 radical (unpaired) electrons. The van der Waals surface area contributed by atoms with Crippen molar-refractivity contribution in [3.8, 4) is 0 Å². The number of anilines is 1. The maximum atomic E-state index is 11.4. The average Bonchev–Trinajstić information content (AvgIpc) is 3.11. The lowest BCUT2D eigenvalue weighted by Gasteiger charge is -2.00. The fraction of sp³-hybridized carbons (Fsp3) is 0.357. The lowest BCUT2D eigenvalue weighted by atomic mass is 10.2. The van der Waals surface area contributed by atoms with E-state index < -0.39 is 0 Å². The third-order valence-corrected chi connectivity index (χ3v) is 2.79. The number of esters is 1. The van der Waals surface area contributed by atoms with Crippen molar-refractivity contribution in [2.75, 3.05) is 12.3 Å². The number of hydrogen-bond donors (Lipinski definition) is 1. The van der Waals surface area contributed by atoms with E-state index in [1.54, 1.807) is 6.08 Å². The van der Waals surface area contributed by atoms with E-state index in [2.05, 4.69) is 0 Å². The summed E-state index contributed by atoms with van der Waals surface area (Å²) in [5, 5.41) is 0. The third-order valence-electron chi connectivity index (χ3n) is 2.79. The van der Waals surface area contributed by atoms with Crippen molar-refractivity contribution in [1.82, 2.24) is 0 Å². The highest BCUT2D eigenvalue weighted by atomic mass is 16.5. The molecule has 3 nitrogen and oxygen atoms in total. The molecule has 3 heteroatoms. The lowest BCUT2D eigenvalue weighted by molar-refractivity contribution is -0.137. The summed E-state index contributed by atoms with van der Waals surface area (Å²) in [5.74, 6) is 0.508. The Morgan fingerprint density at radius 3 is 3.00 bits per heavy atom. The van der Waals surface area contributed by atoms with Crippen molar-refractivity contribution in [2.45, 2.75) is 19.3 Å². The molecular formula is C14H17NO2. The van der Waals surface area contributed by atoms with Gasteiger partial charge < -0.3 is 10.5 Å². The summed E-state index contributed by atoms with van der Waals surface area (Å²) >= 11 is 0. The highest BCUT2D eigenvalue weighted by Crippen LogP contribution is 2.32. The Morgan fingerprint density at radius 1 is 1.47 bits per heavy atom. The minimum absolute atomic E-state index is 0.284. The van der Waals surface area contributed by atoms with E-state index in [1.165, 1.54) is 18.9 Å². The number of benzene rings is 1. The van der Waals surface area contributed by atoms with Gasteiger partial charge in [0.15, 0.2) is 0 Å². The standard InChI is InChI=1S/C14H17NO2/c15-13-3-1-2-12(10-13)6-7-14(16)17-9-8-11-4-5-11/h1-3,6-7,10-11H,4-5,8-9,15H2/b7-6+. The Bertz CT molecular complexity index is 422. The highest BCUT2D eigenvalue weighted by molar-refractivity contribution is 5.87. The molecule has 1 aliphatic carbocycles. The van der Waals surface area contributed by atoms with E-state index in [9.17, 15) is 4.79 Å². The fourth-order valence-corrected chi connectivity index (χ4v) is 1.61. The van der Waals surface area contributed by atoms with Gasteiger partial charge in [0.05, 0.1) is 6.61 Å². The van der Waals surface area contributed by atoms with Gasteiger partial charge in [-0.05, 0) is 36.1 Å². The molecule has 1 saturated carbocycles. The normalized spacial score (nSPS) is 15.1. The molecule has 0 heterocycles. The molecule has 0 bridgehead atoms. The van der Waals surface area contributed by atoms with Crippen LogP contribution >= 0.6 is 0 Å². The van der Waals surface area contributed by atoms with Gasteiger partial charge in [-0.25, -0.2) is 4.79 Å². The maximum Gasteiger partial charge on any atom is 0.330 e. The summed E-state index contributed by atoms with van der Waals surface area (Å²) in [4.78, 5) is 11.4. The van der Waals surface area contributed by atoms with Crippen molar-refractivity contribution in [1.29, 1.82) is 0 Å². The zero-order valence-corrected chi connectivity index (χ0v) is 9.76. The van der Waals surface area contributed by atoms with E-state index in [0.717, 1.165) is 17.9 Å². The first-order valence-corrected chi connectivity index (χ1v) is 5.94. The molecule has 0 aromatic heterocycles. The van der Waals surface area contributed by atoms with Gasteiger partial charge in [-0.15, -0.1) is 0 Å². The zero-order valence-electron chi connectivity index (χ0n) is 9.76. The summed E-state index contributed by atoms with van der Waals surface area (Å²) in [6, 6.07) is 7.37. The second-order valence-corrected chi connectivity index (χ2v) is 4.40. The van der Waals surface area contributed by atoms with Crippen LogP contribution in [0.1, 0.15) is 24.8 Å². The van der Waals surface area contributed by atoms with Gasteiger partial charge >= 0.3 is 5.97 Å². The number of carbonyl (C=O) groups is 1. The second-order valence-electron chi connectivity index (χ2n) is 4.40. The molecule has 0 atom stereocenters. The molecule has 1 aromatic carbocycles. The molecule has 0 spiro atoms. The summed E-state index contributed by atoms with van der Waals surface area (Å²) in [6.45, 7) is 0.533. The van der Waals surface area contributed by atoms with Crippen LogP contribution in [-0.2, 0) is 9.53 Å². The smallest absolute Gasteiger partial charge is 0.330 e. The van der Waals surface area contributed by atoms with Gasteiger partial charge in [0.25, 0.3) is 0 Å². The van der Waals surface area contributed by atoms with Crippen molar-refractivity contribution < 1.29 is 9.53 Å². The summed E-state index contributed by atoms with van der Waals surface area (Å²) in [5.41, 5.74) is 7.23. The summed E-state index contributed by atoms with van der Waals surface area (Å²) in [7, 11) is 0. The summed E-state index contributed by atoms with van der Waals surface area (Å²) in [6.07, 6.45) is 6.74. The van der Waals surface area contributed by atoms with Crippen molar-refractivity contribution in [3.05, 3.63) is 35.9 Å². The number of rotatable bonds is 5. The molecule has 90 valence electrons. The molecule has 0 aliphatic heterocycles. The molecular weight excluding hydrogens is 214 g/mol. The molecule has 1 fully saturated rings. The minimum Gasteiger partial charge on any atom is -0.463 e. The van der Waals surface area contributed by atoms with Gasteiger partial charge in [-0.2, -0.15) is 0 Å². The van der Waals surface area contributed by atoms with Crippen LogP contribution in [0.3, 0.4) is 0 Å². The molecule has 17 heavy (non-hydrogen) atoms. The van der Waals surface area contributed by atoms with E-state index in [1.807, 2.05) is 24.3 Å². The fourth-order valence-electron chi connectivity index (χ4n) is 1.61. The van der Waals surface area contributed by atoms with Crippen molar-refractivity contribution in [3.63, 3.8) is 0 Å². The van der Waals surface area contributed by atoms with Crippen LogP contribution in [0.25, 0.3) is 6.08 Å². The minimum atomic E-state index is -0.284. The molecule has 1 aromatic rings. The SMILES string of the molecule is Nc1cccc(/C=C/C(=O)OCCC2CC2)c1. The first-order chi connectivity index (χ1) is 8.24. The number of hydrogen-bond acceptors (Lipinski definition) is 3. The number of ether oxygens (including phenoxy) is 1. The van der Waals surface area contributed by atoms with E-state index in [-0.39, 0.29) is 5.97 Å². The van der Waals surface area contributed by atoms with E-state index in [4.69, 9.17) is 10.5 Å². The van der Waals surface area contributed by atoms with Crippen LogP contribution in [0, 0.1) is 5.92 Å². The largest absolute Gasteiger partial charge is 0.463 e. The predicted molar refractivity (Wildman–Crippen MR) is 68.2 cm³/mol. The molecule has 2 rings (SSSR count). The first-order valence-electron chi connectivity index (χ1n) is 5.94. The predicted octanol–water partition coefficient (Wildman–Crippen LogP) is 2.63. The monoisotopic (exact) mass is 231 g/mol. The molecule has 0 saturated heterocycles. The van der Waals surface area contributed by atoms with Crippen LogP contribution in [0.15, 0.2) is 30.3 Å². The average molecular weight is 231 g/mol. The van der Waals surface area contributed by atoms with Gasteiger partial charge in [-0.3, -0.25) is 0 Å². The number of nitrogens with two attached hydrogens (primary N) is 1. The summed E-state index contributed by atoms with van der Waals surface area (Å²) < 4.78 is 5.09. The van der Waals surface area contributed by atoms with E-state index >= 15 is 0 Å². The molecule has 0 amide bonds. The van der Waals surface area contributed by atoms with Crippen LogP contribution < -0.4 is 5.73 Å². The first kappa shape index (κ1) is 11.7. The van der Waals surface area contributed by atoms with Crippen molar-refractivity contribution >= 4 is 17.7 Å². The van der Waals surface area contributed by atoms with Gasteiger partial charge in [0.1, 0.15) is 0 Å². The molecule has 0 unspecified atom stereocenters. The van der Waals surface area contributed by atoms with Crippen LogP contribution in [-0.4, -0.2) is 12.6 Å². The zero-order chi connectivity index (χ0) is 12.1. The highest BCUT2D eigenvalue weighted by Gasteiger charge is 2.20. The topological polar surface area (TPSA) is 52.3 Å². The quantitative estimate of drug-likeness (QED) is 0.481. The maximum absolute atomic E-state index is 11.4. The Hall–Kier alpha value is -1.77. The van der Waals surface area contributed by atoms with Gasteiger partial charge in [0.2, 0.25) is 0 Å². The number of carbonyl (C=O) groups excluding carboxylic acids is 1. The Balaban J connectivity index is 1.76. The van der Waals surface area contributed by atoms with Gasteiger partial charge in [-0.1, -0.05) is 25.0 Å². The van der Waals surface area contributed by atoms with Gasteiger partial charge in [0, 0.05) is 11.8 Å².